The second-order valence-electron chi connectivity index (χ2n) is 7.06. The van der Waals surface area contributed by atoms with Gasteiger partial charge in [0.25, 0.3) is 0 Å². The first-order chi connectivity index (χ1) is 12.4. The summed E-state index contributed by atoms with van der Waals surface area (Å²) in [6, 6.07) is 8.10. The first-order valence-electron chi connectivity index (χ1n) is 9.03. The van der Waals surface area contributed by atoms with Crippen molar-refractivity contribution in [2.45, 2.75) is 46.1 Å². The van der Waals surface area contributed by atoms with Crippen molar-refractivity contribution in [2.75, 3.05) is 20.2 Å². The predicted octanol–water partition coefficient (Wildman–Crippen LogP) is 4.37. The number of nitrogens with zero attached hydrogens (tertiary/aromatic N) is 2. The number of thiazole rings is 1. The minimum atomic E-state index is 0. The van der Waals surface area contributed by atoms with Gasteiger partial charge in [0.1, 0.15) is 10.8 Å². The molecular weight excluding hydrogens is 471 g/mol. The quantitative estimate of drug-likeness (QED) is 0.336. The number of halogens is 1. The van der Waals surface area contributed by atoms with Crippen LogP contribution >= 0.6 is 35.3 Å². The third-order valence-electron chi connectivity index (χ3n) is 3.92. The number of hydrogen-bond donors (Lipinski definition) is 2. The van der Waals surface area contributed by atoms with Crippen LogP contribution in [0.4, 0.5) is 0 Å². The highest BCUT2D eigenvalue weighted by molar-refractivity contribution is 14.0. The maximum atomic E-state index is 5.40. The highest BCUT2D eigenvalue weighted by Gasteiger charge is 2.17. The lowest BCUT2D eigenvalue weighted by Gasteiger charge is -2.14. The topological polar surface area (TPSA) is 58.5 Å². The summed E-state index contributed by atoms with van der Waals surface area (Å²) in [5.74, 6) is 1.74. The molecule has 27 heavy (non-hydrogen) atoms. The fourth-order valence-electron chi connectivity index (χ4n) is 2.44. The number of aromatic nitrogens is 1. The molecule has 1 aromatic carbocycles. The summed E-state index contributed by atoms with van der Waals surface area (Å²) in [4.78, 5) is 9.37. The number of para-hydroxylation sites is 1. The van der Waals surface area contributed by atoms with Gasteiger partial charge in [-0.1, -0.05) is 39.0 Å². The molecule has 0 unspecified atom stereocenters. The minimum Gasteiger partial charge on any atom is -0.496 e. The van der Waals surface area contributed by atoms with Crippen molar-refractivity contribution in [3.63, 3.8) is 0 Å². The molecule has 0 amide bonds. The van der Waals surface area contributed by atoms with Crippen molar-refractivity contribution in [3.8, 4) is 5.75 Å². The van der Waals surface area contributed by atoms with Crippen LogP contribution in [0, 0.1) is 0 Å². The summed E-state index contributed by atoms with van der Waals surface area (Å²) in [5, 5.41) is 9.85. The Kier molecular flexibility index (Phi) is 10.1. The number of ether oxygens (including phenoxy) is 1. The van der Waals surface area contributed by atoms with E-state index in [0.29, 0.717) is 6.54 Å². The number of aliphatic imine (C=N–C) groups is 1. The van der Waals surface area contributed by atoms with Crippen molar-refractivity contribution in [2.24, 2.45) is 4.99 Å². The second kappa shape index (κ2) is 11.5. The summed E-state index contributed by atoms with van der Waals surface area (Å²) in [6.07, 6.45) is 0.875. The van der Waals surface area contributed by atoms with Crippen molar-refractivity contribution in [1.82, 2.24) is 15.6 Å². The maximum Gasteiger partial charge on any atom is 0.191 e. The average Bonchev–Trinajstić information content (AvgIpc) is 3.09. The van der Waals surface area contributed by atoms with Gasteiger partial charge in [0.2, 0.25) is 0 Å². The van der Waals surface area contributed by atoms with Crippen LogP contribution in [-0.2, 0) is 18.4 Å². The van der Waals surface area contributed by atoms with Crippen LogP contribution in [0.3, 0.4) is 0 Å². The number of methoxy groups -OCH3 is 1. The molecule has 2 aromatic rings. The van der Waals surface area contributed by atoms with Crippen LogP contribution in [0.1, 0.15) is 44.0 Å². The normalized spacial score (nSPS) is 11.7. The lowest BCUT2D eigenvalue weighted by Crippen LogP contribution is -2.38. The second-order valence-corrected chi connectivity index (χ2v) is 8.00. The zero-order chi connectivity index (χ0) is 19.0. The lowest BCUT2D eigenvalue weighted by atomic mass is 9.93. The van der Waals surface area contributed by atoms with Crippen LogP contribution in [0.2, 0.25) is 0 Å². The number of nitrogens with one attached hydrogen (secondary N) is 2. The third-order valence-corrected chi connectivity index (χ3v) is 4.75. The molecule has 1 heterocycles. The molecular formula is C20H31IN4OS. The first-order valence-corrected chi connectivity index (χ1v) is 9.91. The monoisotopic (exact) mass is 502 g/mol. The Morgan fingerprint density at radius 2 is 1.96 bits per heavy atom. The smallest absolute Gasteiger partial charge is 0.191 e. The summed E-state index contributed by atoms with van der Waals surface area (Å²) >= 11 is 1.67. The van der Waals surface area contributed by atoms with Gasteiger partial charge in [0, 0.05) is 23.9 Å². The van der Waals surface area contributed by atoms with Crippen molar-refractivity contribution in [3.05, 3.63) is 45.9 Å². The van der Waals surface area contributed by atoms with Gasteiger partial charge in [0.15, 0.2) is 5.96 Å². The summed E-state index contributed by atoms with van der Waals surface area (Å²) < 4.78 is 5.40. The lowest BCUT2D eigenvalue weighted by molar-refractivity contribution is 0.409. The van der Waals surface area contributed by atoms with E-state index in [-0.39, 0.29) is 29.4 Å². The summed E-state index contributed by atoms with van der Waals surface area (Å²) in [6.45, 7) is 10.8. The molecule has 1 aromatic heterocycles. The van der Waals surface area contributed by atoms with E-state index in [9.17, 15) is 0 Å². The molecule has 2 N–H and O–H groups in total. The number of hydrogen-bond acceptors (Lipinski definition) is 4. The fourth-order valence-corrected chi connectivity index (χ4v) is 3.39. The van der Waals surface area contributed by atoms with Crippen LogP contribution in [-0.4, -0.2) is 31.1 Å². The molecule has 0 saturated heterocycles. The van der Waals surface area contributed by atoms with E-state index < -0.39 is 0 Å². The molecule has 0 atom stereocenters. The molecule has 0 spiro atoms. The summed E-state index contributed by atoms with van der Waals surface area (Å²) in [7, 11) is 1.71. The molecule has 0 bridgehead atoms. The standard InChI is InChI=1S/C20H30N4OS.HI/c1-6-21-19(22-12-11-15-9-7-8-10-16(15)25-5)23-13-18-24-17(14-26-18)20(2,3)4;/h7-10,14H,6,11-13H2,1-5H3,(H2,21,22,23);1H. The average molecular weight is 502 g/mol. The Hall–Kier alpha value is -1.35. The van der Waals surface area contributed by atoms with Crippen LogP contribution in [0.15, 0.2) is 34.6 Å². The Morgan fingerprint density at radius 3 is 2.59 bits per heavy atom. The van der Waals surface area contributed by atoms with E-state index in [1.54, 1.807) is 18.4 Å². The number of guanidine groups is 1. The first kappa shape index (κ1) is 23.7. The highest BCUT2D eigenvalue weighted by Crippen LogP contribution is 2.24. The number of rotatable bonds is 7. The van der Waals surface area contributed by atoms with E-state index in [1.165, 1.54) is 5.56 Å². The van der Waals surface area contributed by atoms with Gasteiger partial charge in [-0.25, -0.2) is 9.98 Å². The highest BCUT2D eigenvalue weighted by atomic mass is 127. The molecule has 7 heteroatoms. The molecule has 0 fully saturated rings. The van der Waals surface area contributed by atoms with Gasteiger partial charge < -0.3 is 15.4 Å². The third kappa shape index (κ3) is 7.65. The Labute approximate surface area is 184 Å². The zero-order valence-electron chi connectivity index (χ0n) is 16.8. The molecule has 150 valence electrons. The van der Waals surface area contributed by atoms with Gasteiger partial charge >= 0.3 is 0 Å². The van der Waals surface area contributed by atoms with Crippen molar-refractivity contribution in [1.29, 1.82) is 0 Å². The van der Waals surface area contributed by atoms with Gasteiger partial charge in [0.05, 0.1) is 19.3 Å². The fraction of sp³-hybridized carbons (Fsp3) is 0.500. The largest absolute Gasteiger partial charge is 0.496 e. The van der Waals surface area contributed by atoms with Crippen LogP contribution < -0.4 is 15.4 Å². The van der Waals surface area contributed by atoms with E-state index >= 15 is 0 Å². The Balaban J connectivity index is 0.00000364. The molecule has 0 aliphatic heterocycles. The van der Waals surface area contributed by atoms with Crippen LogP contribution in [0.5, 0.6) is 5.75 Å². The van der Waals surface area contributed by atoms with Gasteiger partial charge in [-0.3, -0.25) is 0 Å². The van der Waals surface area contributed by atoms with E-state index in [0.717, 1.165) is 41.9 Å². The van der Waals surface area contributed by atoms with E-state index in [1.807, 2.05) is 18.2 Å². The Morgan fingerprint density at radius 1 is 1.22 bits per heavy atom. The molecule has 0 saturated carbocycles. The van der Waals surface area contributed by atoms with Gasteiger partial charge in [-0.2, -0.15) is 0 Å². The SMILES string of the molecule is CCNC(=NCc1nc(C(C)(C)C)cs1)NCCc1ccccc1OC.I. The van der Waals surface area contributed by atoms with Crippen molar-refractivity contribution < 1.29 is 4.74 Å². The molecule has 0 radical (unpaired) electrons. The molecule has 5 nitrogen and oxygen atoms in total. The number of benzene rings is 1. The van der Waals surface area contributed by atoms with Crippen molar-refractivity contribution >= 4 is 41.3 Å². The minimum absolute atomic E-state index is 0. The van der Waals surface area contributed by atoms with E-state index in [2.05, 4.69) is 54.8 Å². The Bertz CT molecular complexity index is 725. The molecule has 0 aliphatic carbocycles. The van der Waals surface area contributed by atoms with E-state index in [4.69, 9.17) is 9.72 Å². The van der Waals surface area contributed by atoms with Gasteiger partial charge in [-0.05, 0) is 25.0 Å². The molecule has 0 aliphatic rings. The van der Waals surface area contributed by atoms with Gasteiger partial charge in [-0.15, -0.1) is 35.3 Å². The predicted molar refractivity (Wildman–Crippen MR) is 126 cm³/mol. The summed E-state index contributed by atoms with van der Waals surface area (Å²) in [5.41, 5.74) is 2.39. The zero-order valence-corrected chi connectivity index (χ0v) is 20.0. The molecule has 2 rings (SSSR count). The maximum absolute atomic E-state index is 5.40. The van der Waals surface area contributed by atoms with Crippen LogP contribution in [0.25, 0.3) is 0 Å².